The smallest absolute Gasteiger partial charge is 0.168 e. The summed E-state index contributed by atoms with van der Waals surface area (Å²) in [6, 6.07) is 4.15. The van der Waals surface area contributed by atoms with E-state index in [9.17, 15) is 0 Å². The molecule has 72 valence electrons. The van der Waals surface area contributed by atoms with Crippen molar-refractivity contribution in [3.63, 3.8) is 0 Å². The predicted molar refractivity (Wildman–Crippen MR) is 52.2 cm³/mol. The number of rotatable bonds is 2. The lowest BCUT2D eigenvalue weighted by atomic mass is 10.2. The van der Waals surface area contributed by atoms with Crippen LogP contribution in [0.25, 0.3) is 0 Å². The highest BCUT2D eigenvalue weighted by molar-refractivity contribution is 5.05. The second kappa shape index (κ2) is 3.88. The lowest BCUT2D eigenvalue weighted by Crippen LogP contribution is -2.26. The van der Waals surface area contributed by atoms with Crippen molar-refractivity contribution in [3.05, 3.63) is 30.1 Å². The van der Waals surface area contributed by atoms with Crippen molar-refractivity contribution in [1.82, 2.24) is 0 Å². The van der Waals surface area contributed by atoms with Crippen LogP contribution in [-0.2, 0) is 18.4 Å². The van der Waals surface area contributed by atoms with E-state index in [-0.39, 0.29) is 5.60 Å². The van der Waals surface area contributed by atoms with Crippen molar-refractivity contribution in [1.29, 1.82) is 0 Å². The first kappa shape index (κ1) is 10.2. The van der Waals surface area contributed by atoms with Crippen LogP contribution in [0.3, 0.4) is 0 Å². The van der Waals surface area contributed by atoms with Crippen molar-refractivity contribution in [2.24, 2.45) is 7.05 Å². The zero-order chi connectivity index (χ0) is 9.90. The number of aromatic nitrogens is 1. The zero-order valence-corrected chi connectivity index (χ0v) is 8.87. The zero-order valence-electron chi connectivity index (χ0n) is 8.87. The number of nitrogens with zero attached hydrogens (tertiary/aromatic N) is 1. The Morgan fingerprint density at radius 3 is 2.23 bits per heavy atom. The van der Waals surface area contributed by atoms with Crippen molar-refractivity contribution in [2.45, 2.75) is 33.0 Å². The molecule has 0 amide bonds. The Balaban J connectivity index is 2.51. The van der Waals surface area contributed by atoms with E-state index >= 15 is 0 Å². The van der Waals surface area contributed by atoms with E-state index in [2.05, 4.69) is 32.9 Å². The highest BCUT2D eigenvalue weighted by Gasteiger charge is 2.09. The molecule has 0 aromatic carbocycles. The minimum Gasteiger partial charge on any atom is -0.371 e. The van der Waals surface area contributed by atoms with Gasteiger partial charge in [-0.2, -0.15) is 0 Å². The Bertz CT molecular complexity index is 258. The maximum absolute atomic E-state index is 5.65. The van der Waals surface area contributed by atoms with E-state index < -0.39 is 0 Å². The molecule has 0 spiro atoms. The fourth-order valence-electron chi connectivity index (χ4n) is 0.928. The normalized spacial score (nSPS) is 11.7. The van der Waals surface area contributed by atoms with Crippen molar-refractivity contribution < 1.29 is 9.30 Å². The van der Waals surface area contributed by atoms with Crippen LogP contribution in [0, 0.1) is 0 Å². The third-order valence-corrected chi connectivity index (χ3v) is 1.72. The Morgan fingerprint density at radius 2 is 1.77 bits per heavy atom. The van der Waals surface area contributed by atoms with Gasteiger partial charge in [0.25, 0.3) is 0 Å². The Hall–Kier alpha value is -0.890. The van der Waals surface area contributed by atoms with Gasteiger partial charge in [-0.25, -0.2) is 4.57 Å². The molecule has 0 radical (unpaired) electrons. The fraction of sp³-hybridized carbons (Fsp3) is 0.545. The first-order valence-electron chi connectivity index (χ1n) is 4.55. The molecule has 0 aliphatic carbocycles. The van der Waals surface area contributed by atoms with Gasteiger partial charge in [0.2, 0.25) is 0 Å². The minimum absolute atomic E-state index is 0.0575. The SMILES string of the molecule is C[n+]1ccc(COC(C)(C)C)cc1. The monoisotopic (exact) mass is 180 g/mol. The average molecular weight is 180 g/mol. The summed E-state index contributed by atoms with van der Waals surface area (Å²) in [4.78, 5) is 0. The minimum atomic E-state index is -0.0575. The van der Waals surface area contributed by atoms with Gasteiger partial charge in [-0.3, -0.25) is 0 Å². The molecule has 0 saturated carbocycles. The summed E-state index contributed by atoms with van der Waals surface area (Å²) >= 11 is 0. The number of ether oxygens (including phenoxy) is 1. The van der Waals surface area contributed by atoms with Crippen LogP contribution in [0.5, 0.6) is 0 Å². The largest absolute Gasteiger partial charge is 0.371 e. The van der Waals surface area contributed by atoms with E-state index in [0.717, 1.165) is 0 Å². The summed E-state index contributed by atoms with van der Waals surface area (Å²) in [6.07, 6.45) is 4.06. The maximum atomic E-state index is 5.65. The van der Waals surface area contributed by atoms with E-state index in [1.807, 2.05) is 24.0 Å². The van der Waals surface area contributed by atoms with E-state index in [1.54, 1.807) is 0 Å². The number of hydrogen-bond donors (Lipinski definition) is 0. The number of aryl methyl sites for hydroxylation is 1. The maximum Gasteiger partial charge on any atom is 0.168 e. The fourth-order valence-corrected chi connectivity index (χ4v) is 0.928. The number of hydrogen-bond acceptors (Lipinski definition) is 1. The Labute approximate surface area is 80.2 Å². The second-order valence-electron chi connectivity index (χ2n) is 4.27. The summed E-state index contributed by atoms with van der Waals surface area (Å²) in [5.41, 5.74) is 1.16. The van der Waals surface area contributed by atoms with Crippen LogP contribution >= 0.6 is 0 Å². The van der Waals surface area contributed by atoms with Gasteiger partial charge in [0, 0.05) is 12.1 Å². The molecule has 0 saturated heterocycles. The van der Waals surface area contributed by atoms with Gasteiger partial charge in [-0.1, -0.05) is 0 Å². The van der Waals surface area contributed by atoms with Gasteiger partial charge in [0.15, 0.2) is 12.4 Å². The van der Waals surface area contributed by atoms with Gasteiger partial charge < -0.3 is 4.74 Å². The summed E-state index contributed by atoms with van der Waals surface area (Å²) in [7, 11) is 2.01. The van der Waals surface area contributed by atoms with E-state index in [1.165, 1.54) is 5.56 Å². The molecule has 0 bridgehead atoms. The molecular formula is C11H18NO+. The van der Waals surface area contributed by atoms with Gasteiger partial charge in [-0.15, -0.1) is 0 Å². The predicted octanol–water partition coefficient (Wildman–Crippen LogP) is 1.83. The highest BCUT2D eigenvalue weighted by Crippen LogP contribution is 2.10. The molecule has 1 heterocycles. The third-order valence-electron chi connectivity index (χ3n) is 1.72. The molecule has 1 rings (SSSR count). The lowest BCUT2D eigenvalue weighted by Gasteiger charge is -2.19. The quantitative estimate of drug-likeness (QED) is 0.633. The summed E-state index contributed by atoms with van der Waals surface area (Å²) in [5.74, 6) is 0. The molecule has 0 aliphatic heterocycles. The molecule has 0 N–H and O–H groups in total. The summed E-state index contributed by atoms with van der Waals surface area (Å²) in [6.45, 7) is 6.88. The van der Waals surface area contributed by atoms with Gasteiger partial charge in [-0.05, 0) is 26.3 Å². The van der Waals surface area contributed by atoms with E-state index in [0.29, 0.717) is 6.61 Å². The lowest BCUT2D eigenvalue weighted by molar-refractivity contribution is -0.671. The Morgan fingerprint density at radius 1 is 1.23 bits per heavy atom. The highest BCUT2D eigenvalue weighted by atomic mass is 16.5. The molecule has 1 aromatic heterocycles. The van der Waals surface area contributed by atoms with Gasteiger partial charge in [0.1, 0.15) is 7.05 Å². The Kier molecular flexibility index (Phi) is 3.04. The first-order valence-corrected chi connectivity index (χ1v) is 4.55. The van der Waals surface area contributed by atoms with Crippen LogP contribution in [0.2, 0.25) is 0 Å². The van der Waals surface area contributed by atoms with Crippen LogP contribution in [0.15, 0.2) is 24.5 Å². The van der Waals surface area contributed by atoms with Gasteiger partial charge >= 0.3 is 0 Å². The average Bonchev–Trinajstić information content (AvgIpc) is 2.02. The summed E-state index contributed by atoms with van der Waals surface area (Å²) in [5, 5.41) is 0. The first-order chi connectivity index (χ1) is 5.97. The molecule has 0 unspecified atom stereocenters. The number of pyridine rings is 1. The van der Waals surface area contributed by atoms with Crippen molar-refractivity contribution in [3.8, 4) is 0 Å². The van der Waals surface area contributed by atoms with Crippen LogP contribution in [-0.4, -0.2) is 5.60 Å². The molecule has 13 heavy (non-hydrogen) atoms. The topological polar surface area (TPSA) is 13.1 Å². The van der Waals surface area contributed by atoms with Crippen molar-refractivity contribution in [2.75, 3.05) is 0 Å². The van der Waals surface area contributed by atoms with Crippen LogP contribution in [0.1, 0.15) is 26.3 Å². The molecular weight excluding hydrogens is 162 g/mol. The summed E-state index contributed by atoms with van der Waals surface area (Å²) < 4.78 is 7.66. The molecule has 0 atom stereocenters. The molecule has 1 aromatic rings. The molecule has 2 nitrogen and oxygen atoms in total. The second-order valence-corrected chi connectivity index (χ2v) is 4.27. The molecule has 0 fully saturated rings. The van der Waals surface area contributed by atoms with Crippen LogP contribution in [0.4, 0.5) is 0 Å². The molecule has 0 aliphatic rings. The van der Waals surface area contributed by atoms with Crippen LogP contribution < -0.4 is 4.57 Å². The van der Waals surface area contributed by atoms with Crippen molar-refractivity contribution >= 4 is 0 Å². The third kappa shape index (κ3) is 4.04. The standard InChI is InChI=1S/C11H18NO/c1-11(2,3)13-9-10-5-7-12(4)8-6-10/h5-8H,9H2,1-4H3/q+1. The molecule has 2 heteroatoms. The van der Waals surface area contributed by atoms with Gasteiger partial charge in [0.05, 0.1) is 12.2 Å². The van der Waals surface area contributed by atoms with E-state index in [4.69, 9.17) is 4.74 Å².